The molecular formula is C20H29ClN2O4S. The number of fused-ring (bicyclic) bond motifs is 3. The number of hydrogen-bond acceptors (Lipinski definition) is 6. The molecule has 0 radical (unpaired) electrons. The van der Waals surface area contributed by atoms with E-state index < -0.39 is 0 Å². The van der Waals surface area contributed by atoms with Crippen molar-refractivity contribution in [2.75, 3.05) is 52.6 Å². The van der Waals surface area contributed by atoms with Crippen molar-refractivity contribution < 1.29 is 19.4 Å². The van der Waals surface area contributed by atoms with E-state index in [0.717, 1.165) is 63.4 Å². The molecule has 0 unspecified atom stereocenters. The molecule has 2 N–H and O–H groups in total. The van der Waals surface area contributed by atoms with E-state index in [2.05, 4.69) is 11.4 Å². The molecule has 28 heavy (non-hydrogen) atoms. The number of ether oxygens (including phenoxy) is 2. The molecule has 1 spiro atoms. The van der Waals surface area contributed by atoms with E-state index in [1.54, 1.807) is 11.3 Å². The van der Waals surface area contributed by atoms with Gasteiger partial charge >= 0.3 is 0 Å². The number of aliphatic hydroxyl groups is 1. The Balaban J connectivity index is 0.00000192. The van der Waals surface area contributed by atoms with Crippen LogP contribution in [0.25, 0.3) is 0 Å². The molecule has 0 aliphatic carbocycles. The van der Waals surface area contributed by atoms with Gasteiger partial charge in [0.1, 0.15) is 0 Å². The number of carbonyl (C=O) groups excluding carboxylic acids is 1. The van der Waals surface area contributed by atoms with Crippen LogP contribution < -0.4 is 5.32 Å². The maximum Gasteiger partial charge on any atom is 0.263 e. The number of aliphatic hydroxyl groups excluding tert-OH is 1. The third kappa shape index (κ3) is 3.20. The minimum Gasteiger partial charge on any atom is -0.396 e. The Morgan fingerprint density at radius 1 is 1.36 bits per heavy atom. The van der Waals surface area contributed by atoms with Gasteiger partial charge in [-0.3, -0.25) is 4.79 Å². The van der Waals surface area contributed by atoms with E-state index in [9.17, 15) is 9.90 Å². The van der Waals surface area contributed by atoms with Gasteiger partial charge in [0.15, 0.2) is 0 Å². The molecule has 5 rings (SSSR count). The van der Waals surface area contributed by atoms with Crippen LogP contribution in [0.15, 0.2) is 6.07 Å². The van der Waals surface area contributed by atoms with Gasteiger partial charge in [-0.05, 0) is 49.9 Å². The van der Waals surface area contributed by atoms with Crippen LogP contribution in [0, 0.1) is 11.3 Å². The Morgan fingerprint density at radius 3 is 2.93 bits per heavy atom. The van der Waals surface area contributed by atoms with E-state index in [1.165, 1.54) is 10.4 Å². The number of rotatable bonds is 2. The second-order valence-corrected chi connectivity index (χ2v) is 9.67. The average Bonchev–Trinajstić information content (AvgIpc) is 3.31. The number of nitrogens with zero attached hydrogens (tertiary/aromatic N) is 1. The molecule has 4 aliphatic heterocycles. The molecule has 1 amide bonds. The molecule has 4 aliphatic rings. The van der Waals surface area contributed by atoms with E-state index in [4.69, 9.17) is 9.47 Å². The van der Waals surface area contributed by atoms with Gasteiger partial charge < -0.3 is 24.8 Å². The average molecular weight is 429 g/mol. The number of hydrogen-bond donors (Lipinski definition) is 2. The number of amides is 1. The Labute approximate surface area is 176 Å². The van der Waals surface area contributed by atoms with Gasteiger partial charge in [0, 0.05) is 36.4 Å². The van der Waals surface area contributed by atoms with Crippen molar-refractivity contribution in [2.45, 2.75) is 31.3 Å². The van der Waals surface area contributed by atoms with Crippen molar-refractivity contribution in [3.63, 3.8) is 0 Å². The van der Waals surface area contributed by atoms with Gasteiger partial charge in [-0.1, -0.05) is 0 Å². The summed E-state index contributed by atoms with van der Waals surface area (Å²) in [7, 11) is 0. The second kappa shape index (κ2) is 7.85. The summed E-state index contributed by atoms with van der Waals surface area (Å²) in [6, 6.07) is 2.11. The normalized spacial score (nSPS) is 31.2. The summed E-state index contributed by atoms with van der Waals surface area (Å²) in [5.74, 6) is 0.453. The highest BCUT2D eigenvalue weighted by molar-refractivity contribution is 7.14. The van der Waals surface area contributed by atoms with Crippen LogP contribution in [0.5, 0.6) is 0 Å². The summed E-state index contributed by atoms with van der Waals surface area (Å²) in [5.41, 5.74) is 0.775. The molecule has 3 fully saturated rings. The number of halogens is 1. The number of likely N-dealkylation sites (tertiary alicyclic amines) is 1. The lowest BCUT2D eigenvalue weighted by Gasteiger charge is -2.40. The summed E-state index contributed by atoms with van der Waals surface area (Å²) in [5, 5.41) is 13.4. The summed E-state index contributed by atoms with van der Waals surface area (Å²) < 4.78 is 11.9. The van der Waals surface area contributed by atoms with Crippen LogP contribution in [-0.2, 0) is 21.5 Å². The van der Waals surface area contributed by atoms with Gasteiger partial charge in [0.05, 0.1) is 30.3 Å². The molecule has 8 heteroatoms. The van der Waals surface area contributed by atoms with Crippen molar-refractivity contribution >= 4 is 29.7 Å². The maximum atomic E-state index is 13.3. The minimum absolute atomic E-state index is 0. The second-order valence-electron chi connectivity index (χ2n) is 8.53. The first-order valence-electron chi connectivity index (χ1n) is 10.1. The van der Waals surface area contributed by atoms with Crippen LogP contribution in [0.2, 0.25) is 0 Å². The molecule has 1 aromatic heterocycles. The highest BCUT2D eigenvalue weighted by Gasteiger charge is 2.50. The Kier molecular flexibility index (Phi) is 5.77. The Bertz CT molecular complexity index is 736. The topological polar surface area (TPSA) is 71.0 Å². The van der Waals surface area contributed by atoms with E-state index >= 15 is 0 Å². The zero-order valence-electron chi connectivity index (χ0n) is 16.1. The molecule has 3 saturated heterocycles. The van der Waals surface area contributed by atoms with Crippen molar-refractivity contribution in [3.8, 4) is 0 Å². The van der Waals surface area contributed by atoms with Crippen molar-refractivity contribution in [1.82, 2.24) is 10.2 Å². The lowest BCUT2D eigenvalue weighted by Crippen LogP contribution is -2.44. The summed E-state index contributed by atoms with van der Waals surface area (Å²) >= 11 is 1.65. The fourth-order valence-electron chi connectivity index (χ4n) is 5.40. The predicted octanol–water partition coefficient (Wildman–Crippen LogP) is 1.79. The first kappa shape index (κ1) is 20.6. The summed E-state index contributed by atoms with van der Waals surface area (Å²) in [6.07, 6.45) is 3.77. The number of piperidine rings is 1. The molecule has 0 aromatic carbocycles. The fourth-order valence-corrected chi connectivity index (χ4v) is 6.60. The van der Waals surface area contributed by atoms with E-state index in [1.807, 2.05) is 4.90 Å². The van der Waals surface area contributed by atoms with Gasteiger partial charge in [-0.15, -0.1) is 23.7 Å². The van der Waals surface area contributed by atoms with Crippen LogP contribution in [0.3, 0.4) is 0 Å². The first-order valence-corrected chi connectivity index (χ1v) is 10.9. The smallest absolute Gasteiger partial charge is 0.263 e. The number of carbonyl (C=O) groups is 1. The van der Waals surface area contributed by atoms with Gasteiger partial charge in [-0.2, -0.15) is 0 Å². The predicted molar refractivity (Wildman–Crippen MR) is 109 cm³/mol. The number of nitrogens with one attached hydrogen (secondary N) is 1. The molecular weight excluding hydrogens is 400 g/mol. The Hall–Kier alpha value is -0.700. The summed E-state index contributed by atoms with van der Waals surface area (Å²) in [4.78, 5) is 17.4. The van der Waals surface area contributed by atoms with Gasteiger partial charge in [0.2, 0.25) is 0 Å². The van der Waals surface area contributed by atoms with Crippen LogP contribution in [0.1, 0.15) is 39.4 Å². The quantitative estimate of drug-likeness (QED) is 0.751. The van der Waals surface area contributed by atoms with Crippen molar-refractivity contribution in [1.29, 1.82) is 0 Å². The van der Waals surface area contributed by atoms with E-state index in [0.29, 0.717) is 19.1 Å². The van der Waals surface area contributed by atoms with Crippen molar-refractivity contribution in [2.24, 2.45) is 11.3 Å². The van der Waals surface area contributed by atoms with E-state index in [-0.39, 0.29) is 35.9 Å². The molecule has 0 saturated carbocycles. The van der Waals surface area contributed by atoms with Crippen LogP contribution in [-0.4, -0.2) is 68.5 Å². The van der Waals surface area contributed by atoms with Crippen molar-refractivity contribution in [3.05, 3.63) is 21.4 Å². The third-order valence-corrected chi connectivity index (χ3v) is 8.23. The first-order chi connectivity index (χ1) is 13.2. The van der Waals surface area contributed by atoms with Gasteiger partial charge in [-0.25, -0.2) is 0 Å². The minimum atomic E-state index is -0.274. The summed E-state index contributed by atoms with van der Waals surface area (Å²) in [6.45, 7) is 5.39. The number of thiophene rings is 1. The molecule has 6 nitrogen and oxygen atoms in total. The van der Waals surface area contributed by atoms with Crippen LogP contribution in [0.4, 0.5) is 0 Å². The maximum absolute atomic E-state index is 13.3. The molecule has 2 atom stereocenters. The Morgan fingerprint density at radius 2 is 2.18 bits per heavy atom. The zero-order chi connectivity index (χ0) is 18.5. The highest BCUT2D eigenvalue weighted by Crippen LogP contribution is 2.45. The lowest BCUT2D eigenvalue weighted by molar-refractivity contribution is -0.0792. The zero-order valence-corrected chi connectivity index (χ0v) is 17.7. The largest absolute Gasteiger partial charge is 0.396 e. The lowest BCUT2D eigenvalue weighted by atomic mass is 9.76. The van der Waals surface area contributed by atoms with Gasteiger partial charge in [0.25, 0.3) is 5.91 Å². The standard InChI is InChI=1S/C20H28N2O4S.ClH/c23-12-19-11-22(10-14(19)1-7-25-13-19)18(24)17-9-15-16(27-17)2-8-26-20(15)3-5-21-6-4-20;/h9,14,21,23H,1-8,10-13H2;1H/t14-,19+;/m0./s1. The molecule has 1 aromatic rings. The monoisotopic (exact) mass is 428 g/mol. The molecule has 156 valence electrons. The highest BCUT2D eigenvalue weighted by atomic mass is 35.5. The van der Waals surface area contributed by atoms with Crippen LogP contribution >= 0.6 is 23.7 Å². The SMILES string of the molecule is Cl.O=C(c1cc2c(s1)CCOC21CCNCC1)N1C[C@@H]2CCOC[C@]2(CO)C1. The molecule has 5 heterocycles. The fraction of sp³-hybridized carbons (Fsp3) is 0.750. The molecule has 0 bridgehead atoms. The third-order valence-electron chi connectivity index (χ3n) is 7.04.